The summed E-state index contributed by atoms with van der Waals surface area (Å²) in [4.78, 5) is 0. The zero-order valence-electron chi connectivity index (χ0n) is 86.1. The maximum atomic E-state index is 6.65. The standard InChI is InChI=1S/C46H28O.2C38H24O.3CH4.6H2/c1-2-13-31-27-32(24-23-29(31)11-1)44-37-16-5-7-18-39(37)45(40-19-8-6-17-38(40)44)33-25-26-41-43(28-33)47-42-22-10-21-36(46(41)42)35-20-9-14-30-12-3-4-15-34(30)35;1-3-12-25(13-4-1)28-20-11-21-34-38(28)33-23-22-27(24-35(33)39-34)37-31-18-9-7-16-29(31)36(26-14-5-2-6-15-26)30-17-8-10-19-32(30)37;1-3-11-25(12-4-1)27-19-21-29-30-22-20-28(24-36(30)39-35(29)23-27)38-33-17-9-7-15-31(33)37(26-13-5-2-6-14-26)32-16-8-10-18-34(32)38;;;;;;;;;/h1-28H;2*1-24H;3*1H4;6*1H/i;;;3*1D;6*1+1D. The van der Waals surface area contributed by atoms with Crippen molar-refractivity contribution in [2.45, 2.75) is 22.2 Å². The average Bonchev–Trinajstić information content (AvgIpc) is 1.40. The quantitative estimate of drug-likeness (QED) is 0.135. The van der Waals surface area contributed by atoms with Gasteiger partial charge in [-0.25, -0.2) is 0 Å². The summed E-state index contributed by atoms with van der Waals surface area (Å²) >= 11 is 0. The van der Waals surface area contributed by atoms with Gasteiger partial charge in [-0.15, -0.1) is 0 Å². The van der Waals surface area contributed by atoms with Gasteiger partial charge in [0, 0.05) is 54.2 Å². The normalized spacial score (nSPS) is 11.9. The molecule has 0 spiro atoms. The molecule has 0 aliphatic heterocycles. The zero-order chi connectivity index (χ0) is 100. The molecular formula is C125H100O3. The minimum atomic E-state index is 0.900. The molecule has 3 heterocycles. The predicted molar refractivity (Wildman–Crippen MR) is 563 cm³/mol. The van der Waals surface area contributed by atoms with Crippen molar-refractivity contribution in [3.63, 3.8) is 0 Å². The van der Waals surface area contributed by atoms with Crippen LogP contribution in [0.2, 0.25) is 0 Å². The van der Waals surface area contributed by atoms with E-state index in [9.17, 15) is 0 Å². The van der Waals surface area contributed by atoms with Crippen molar-refractivity contribution in [3.05, 3.63) is 461 Å². The van der Waals surface area contributed by atoms with Gasteiger partial charge in [-0.3, -0.25) is 0 Å². The number of benzene rings is 23. The largest absolute Gasteiger partial charge is 0.456 e. The van der Waals surface area contributed by atoms with Crippen LogP contribution in [0.5, 0.6) is 0 Å². The van der Waals surface area contributed by atoms with E-state index in [0.717, 1.165) is 82.7 Å². The van der Waals surface area contributed by atoms with Crippen LogP contribution in [0.1, 0.15) is 44.1 Å². The molecule has 0 aliphatic carbocycles. The van der Waals surface area contributed by atoms with Gasteiger partial charge in [0.15, 0.2) is 0 Å². The fourth-order valence-electron chi connectivity index (χ4n) is 20.1. The van der Waals surface area contributed by atoms with Gasteiger partial charge in [0.25, 0.3) is 0 Å². The van der Waals surface area contributed by atoms with E-state index < -0.39 is 0 Å². The van der Waals surface area contributed by atoms with Crippen molar-refractivity contribution < 1.29 is 35.2 Å². The molecule has 128 heavy (non-hydrogen) atoms. The lowest BCUT2D eigenvalue weighted by atomic mass is 9.85. The van der Waals surface area contributed by atoms with Gasteiger partial charge >= 0.3 is 0 Å². The molecule has 0 N–H and O–H groups in total. The molecule has 618 valence electrons. The van der Waals surface area contributed by atoms with Gasteiger partial charge in [0.1, 0.15) is 33.5 Å². The summed E-state index contributed by atoms with van der Waals surface area (Å²) in [5.74, 6) is 0. The monoisotopic (exact) mass is 1660 g/mol. The Morgan fingerprint density at radius 1 is 0.148 bits per heavy atom. The van der Waals surface area contributed by atoms with Crippen LogP contribution < -0.4 is 0 Å². The summed E-state index contributed by atoms with van der Waals surface area (Å²) in [5.41, 5.74) is 27.4. The molecule has 0 radical (unpaired) electrons. The van der Waals surface area contributed by atoms with Crippen LogP contribution in [0.15, 0.2) is 474 Å². The Hall–Kier alpha value is -16.5. The first-order valence-electron chi connectivity index (χ1n) is 51.9. The Morgan fingerprint density at radius 3 is 0.820 bits per heavy atom. The molecule has 23 aromatic carbocycles. The maximum absolute atomic E-state index is 6.65. The molecule has 3 heteroatoms. The predicted octanol–water partition coefficient (Wildman–Crippen LogP) is 38.4. The van der Waals surface area contributed by atoms with Crippen LogP contribution in [-0.2, 0) is 0 Å². The summed E-state index contributed by atoms with van der Waals surface area (Å²) < 4.78 is 96.9. The van der Waals surface area contributed by atoms with Crippen LogP contribution in [0.4, 0.5) is 0 Å². The molecule has 26 rings (SSSR count). The summed E-state index contributed by atoms with van der Waals surface area (Å²) in [6, 6.07) is 165. The molecule has 0 saturated heterocycles. The average molecular weight is 1670 g/mol. The fraction of sp³-hybridized carbons (Fsp3) is 0.0240. The molecular weight excluding hydrogens is 1550 g/mol. The Kier molecular flexibility index (Phi) is 17.8. The van der Waals surface area contributed by atoms with Gasteiger partial charge < -0.3 is 13.3 Å². The van der Waals surface area contributed by atoms with Crippen molar-refractivity contribution in [1.82, 2.24) is 0 Å². The lowest BCUT2D eigenvalue weighted by molar-refractivity contribution is 0.669. The van der Waals surface area contributed by atoms with E-state index in [4.69, 9.17) is 35.2 Å². The topological polar surface area (TPSA) is 39.4 Å². The Balaban J connectivity index is 0.000000150. The lowest BCUT2D eigenvalue weighted by Gasteiger charge is -2.18. The molecule has 3 aromatic heterocycles. The first kappa shape index (κ1) is 69.0. The van der Waals surface area contributed by atoms with Crippen molar-refractivity contribution in [1.29, 1.82) is 0 Å². The van der Waals surface area contributed by atoms with Crippen LogP contribution in [0.3, 0.4) is 0 Å². The summed E-state index contributed by atoms with van der Waals surface area (Å²) in [5, 5.41) is 26.9. The highest BCUT2D eigenvalue weighted by Crippen LogP contribution is 2.51. The number of hydrogen-bond acceptors (Lipinski definition) is 3. The molecule has 0 fully saturated rings. The van der Waals surface area contributed by atoms with Crippen molar-refractivity contribution in [2.24, 2.45) is 0 Å². The van der Waals surface area contributed by atoms with Crippen LogP contribution >= 0.6 is 0 Å². The highest BCUT2D eigenvalue weighted by Gasteiger charge is 2.25. The Bertz CT molecular complexity index is 8670. The van der Waals surface area contributed by atoms with E-state index in [2.05, 4.69) is 455 Å². The Morgan fingerprint density at radius 2 is 0.406 bits per heavy atom. The van der Waals surface area contributed by atoms with E-state index in [1.165, 1.54) is 192 Å². The second-order valence-electron chi connectivity index (χ2n) is 32.6. The molecule has 0 atom stereocenters. The third-order valence-electron chi connectivity index (χ3n) is 25.6. The number of hydrogen-bond donors (Lipinski definition) is 0. The minimum Gasteiger partial charge on any atom is -0.456 e. The Labute approximate surface area is 766 Å². The van der Waals surface area contributed by atoms with Gasteiger partial charge in [-0.05, 0) is 253 Å². The SMILES string of the molecule is [2H]C.[2H]C.[2H]C.[2H][2H].[2H][2H].[2H][2H].[2H][2H].[2H][2H].[2H][2H].c1ccc(-c2c3ccccc3c(-c3ccc4c(c3)oc3cccc(-c5ccccc5)c34)c3ccccc23)cc1.c1ccc(-c2ccc3c(c2)oc2cc(-c4c5ccccc5c(-c5ccccc5)c5ccccc45)ccc23)cc1.c1ccc2cc(-c3c4ccccc4c(-c4ccc5c(c4)oc4cccc(-c6cccc7ccccc67)c45)c4ccccc34)ccc2c1. The molecule has 0 aliphatic rings. The van der Waals surface area contributed by atoms with E-state index in [-0.39, 0.29) is 0 Å². The molecule has 3 nitrogen and oxygen atoms in total. The fourth-order valence-corrected chi connectivity index (χ4v) is 20.1. The van der Waals surface area contributed by atoms with E-state index in [0.29, 0.717) is 0 Å². The van der Waals surface area contributed by atoms with Gasteiger partial charge in [-0.2, -0.15) is 0 Å². The van der Waals surface area contributed by atoms with Gasteiger partial charge in [-0.1, -0.05) is 417 Å². The van der Waals surface area contributed by atoms with E-state index in [1.54, 1.807) is 0 Å². The van der Waals surface area contributed by atoms with E-state index in [1.807, 2.05) is 6.07 Å². The summed E-state index contributed by atoms with van der Waals surface area (Å²) in [7, 11) is 3.75. The minimum absolute atomic E-state index is 0.900. The molecule has 0 unspecified atom stereocenters. The van der Waals surface area contributed by atoms with Gasteiger partial charge in [0.2, 0.25) is 0 Å². The maximum Gasteiger partial charge on any atom is 0.136 e. The number of rotatable bonds is 9. The van der Waals surface area contributed by atoms with E-state index >= 15 is 0 Å². The number of furan rings is 3. The molecule has 0 amide bonds. The van der Waals surface area contributed by atoms with Crippen molar-refractivity contribution in [2.75, 3.05) is 0 Å². The lowest BCUT2D eigenvalue weighted by Crippen LogP contribution is -1.91. The smallest absolute Gasteiger partial charge is 0.136 e. The first-order valence-corrected chi connectivity index (χ1v) is 42.9. The highest BCUT2D eigenvalue weighted by atomic mass is 16.3. The zero-order valence-corrected chi connectivity index (χ0v) is 71.1. The molecule has 26 aromatic rings. The number of fused-ring (bicyclic) bond motifs is 17. The highest BCUT2D eigenvalue weighted by molar-refractivity contribution is 6.27. The van der Waals surface area contributed by atoms with Crippen molar-refractivity contribution >= 4 is 152 Å². The molecule has 0 bridgehead atoms. The van der Waals surface area contributed by atoms with Crippen LogP contribution in [-0.4, -0.2) is 0 Å². The third kappa shape index (κ3) is 13.4. The van der Waals surface area contributed by atoms with Crippen LogP contribution in [0, 0.1) is 0 Å². The molecule has 0 saturated carbocycles. The second-order valence-corrected chi connectivity index (χ2v) is 32.6. The van der Waals surface area contributed by atoms with Gasteiger partial charge in [0.05, 0.1) is 0 Å². The first-order chi connectivity index (χ1) is 71.0. The summed E-state index contributed by atoms with van der Waals surface area (Å²) in [6.07, 6.45) is 0. The van der Waals surface area contributed by atoms with Crippen LogP contribution in [0.25, 0.3) is 252 Å². The summed E-state index contributed by atoms with van der Waals surface area (Å²) in [6.45, 7) is 0. The third-order valence-corrected chi connectivity index (χ3v) is 25.6. The second kappa shape index (κ2) is 33.0. The van der Waals surface area contributed by atoms with Crippen molar-refractivity contribution in [3.8, 4) is 100 Å².